The van der Waals surface area contributed by atoms with Crippen molar-refractivity contribution in [3.63, 3.8) is 0 Å². The standard InChI is InChI=1S/2C14H21N3O4/c2*1-6-9(2)15-13-11(16(18)19)7-10(14(3,4)5)8-12(13)17(20)21/h2*7-9,15H,6H2,1-5H3. The molecule has 0 aliphatic carbocycles. The highest BCUT2D eigenvalue weighted by molar-refractivity contribution is 5.76. The molecule has 2 unspecified atom stereocenters. The molecule has 0 aliphatic rings. The second-order valence-corrected chi connectivity index (χ2v) is 12.2. The highest BCUT2D eigenvalue weighted by Crippen LogP contribution is 2.41. The number of rotatable bonds is 10. The molecule has 2 aromatic rings. The van der Waals surface area contributed by atoms with E-state index in [2.05, 4.69) is 10.6 Å². The summed E-state index contributed by atoms with van der Waals surface area (Å²) in [6, 6.07) is 5.47. The molecule has 0 bridgehead atoms. The molecule has 0 aromatic heterocycles. The first-order valence-electron chi connectivity index (χ1n) is 13.6. The summed E-state index contributed by atoms with van der Waals surface area (Å²) in [5.41, 5.74) is -0.756. The summed E-state index contributed by atoms with van der Waals surface area (Å²) in [6.45, 7) is 18.6. The van der Waals surface area contributed by atoms with E-state index in [1.165, 1.54) is 24.3 Å². The van der Waals surface area contributed by atoms with E-state index in [1.807, 2.05) is 69.2 Å². The number of hydrogen-bond acceptors (Lipinski definition) is 10. The second-order valence-electron chi connectivity index (χ2n) is 12.2. The Morgan fingerprint density at radius 2 is 0.786 bits per heavy atom. The zero-order valence-corrected chi connectivity index (χ0v) is 25.9. The maximum absolute atomic E-state index is 11.3. The Morgan fingerprint density at radius 1 is 0.571 bits per heavy atom. The molecule has 2 N–H and O–H groups in total. The number of hydrogen-bond donors (Lipinski definition) is 2. The van der Waals surface area contributed by atoms with Gasteiger partial charge in [-0.05, 0) is 48.6 Å². The minimum atomic E-state index is -0.576. The highest BCUT2D eigenvalue weighted by atomic mass is 16.6. The first kappa shape index (κ1) is 35.7. The molecule has 2 rings (SSSR count). The number of anilines is 2. The minimum Gasteiger partial charge on any atom is -0.371 e. The molecule has 0 radical (unpaired) electrons. The van der Waals surface area contributed by atoms with Gasteiger partial charge in [-0.25, -0.2) is 0 Å². The maximum Gasteiger partial charge on any atom is 0.299 e. The van der Waals surface area contributed by atoms with Gasteiger partial charge in [0.05, 0.1) is 19.7 Å². The predicted molar refractivity (Wildman–Crippen MR) is 164 cm³/mol. The van der Waals surface area contributed by atoms with Gasteiger partial charge >= 0.3 is 0 Å². The third-order valence-electron chi connectivity index (χ3n) is 6.72. The molecule has 232 valence electrons. The summed E-state index contributed by atoms with van der Waals surface area (Å²) in [6.07, 6.45) is 1.41. The quantitative estimate of drug-likeness (QED) is 0.202. The minimum absolute atomic E-state index is 0.0210. The number of benzene rings is 2. The molecule has 2 atom stereocenters. The lowest BCUT2D eigenvalue weighted by molar-refractivity contribution is -0.392. The van der Waals surface area contributed by atoms with Gasteiger partial charge < -0.3 is 10.6 Å². The predicted octanol–water partition coefficient (Wildman–Crippen LogP) is 8.02. The third kappa shape index (κ3) is 9.35. The number of nitro benzene ring substituents is 4. The van der Waals surface area contributed by atoms with Gasteiger partial charge in [0.15, 0.2) is 11.4 Å². The molecular weight excluding hydrogens is 548 g/mol. The van der Waals surface area contributed by atoms with Crippen molar-refractivity contribution in [2.75, 3.05) is 10.6 Å². The largest absolute Gasteiger partial charge is 0.371 e. The van der Waals surface area contributed by atoms with Gasteiger partial charge in [0.25, 0.3) is 22.7 Å². The Hall–Kier alpha value is -4.36. The van der Waals surface area contributed by atoms with Crippen LogP contribution in [0.25, 0.3) is 0 Å². The summed E-state index contributed by atoms with van der Waals surface area (Å²) in [5, 5.41) is 50.9. The molecule has 14 nitrogen and oxygen atoms in total. The zero-order chi connectivity index (χ0) is 32.7. The Labute approximate surface area is 245 Å². The fourth-order valence-electron chi connectivity index (χ4n) is 3.66. The van der Waals surface area contributed by atoms with Crippen LogP contribution in [0.4, 0.5) is 34.1 Å². The fraction of sp³-hybridized carbons (Fsp3) is 0.571. The highest BCUT2D eigenvalue weighted by Gasteiger charge is 2.32. The van der Waals surface area contributed by atoms with E-state index < -0.39 is 30.5 Å². The number of nitrogens with one attached hydrogen (secondary N) is 2. The molecule has 42 heavy (non-hydrogen) atoms. The smallest absolute Gasteiger partial charge is 0.299 e. The third-order valence-corrected chi connectivity index (χ3v) is 6.72. The molecule has 0 saturated heterocycles. The van der Waals surface area contributed by atoms with Crippen molar-refractivity contribution in [1.29, 1.82) is 0 Å². The van der Waals surface area contributed by atoms with Crippen LogP contribution in [-0.4, -0.2) is 31.8 Å². The molecule has 0 fully saturated rings. The van der Waals surface area contributed by atoms with Crippen LogP contribution in [-0.2, 0) is 10.8 Å². The van der Waals surface area contributed by atoms with Crippen molar-refractivity contribution in [3.05, 3.63) is 75.8 Å². The molecule has 0 spiro atoms. The molecule has 0 heterocycles. The zero-order valence-electron chi connectivity index (χ0n) is 25.9. The van der Waals surface area contributed by atoms with Gasteiger partial charge in [-0.2, -0.15) is 0 Å². The van der Waals surface area contributed by atoms with E-state index in [0.717, 1.165) is 0 Å². The normalized spacial score (nSPS) is 12.8. The van der Waals surface area contributed by atoms with E-state index in [1.54, 1.807) is 0 Å². The Balaban J connectivity index is 0.000000420. The Kier molecular flexibility index (Phi) is 11.9. The summed E-state index contributed by atoms with van der Waals surface area (Å²) in [7, 11) is 0. The van der Waals surface area contributed by atoms with Gasteiger partial charge in [0.2, 0.25) is 0 Å². The van der Waals surface area contributed by atoms with Gasteiger partial charge in [0.1, 0.15) is 0 Å². The monoisotopic (exact) mass is 590 g/mol. The van der Waals surface area contributed by atoms with E-state index >= 15 is 0 Å². The van der Waals surface area contributed by atoms with Crippen LogP contribution in [0.1, 0.15) is 93.2 Å². The van der Waals surface area contributed by atoms with Gasteiger partial charge in [0, 0.05) is 36.3 Å². The fourth-order valence-corrected chi connectivity index (χ4v) is 3.66. The SMILES string of the molecule is CCC(C)Nc1c([N+](=O)[O-])cc(C(C)(C)C)cc1[N+](=O)[O-].CCC(C)Nc1c([N+](=O)[O-])cc(C(C)(C)C)cc1[N+](=O)[O-]. The first-order valence-corrected chi connectivity index (χ1v) is 13.6. The maximum atomic E-state index is 11.3. The topological polar surface area (TPSA) is 197 Å². The number of nitro groups is 4. The van der Waals surface area contributed by atoms with Crippen molar-refractivity contribution in [3.8, 4) is 0 Å². The lowest BCUT2D eigenvalue weighted by Crippen LogP contribution is -2.18. The van der Waals surface area contributed by atoms with Crippen molar-refractivity contribution in [2.24, 2.45) is 0 Å². The van der Waals surface area contributed by atoms with E-state index in [-0.39, 0.29) is 46.2 Å². The molecule has 0 aliphatic heterocycles. The Morgan fingerprint density at radius 3 is 0.929 bits per heavy atom. The Bertz CT molecular complexity index is 1160. The lowest BCUT2D eigenvalue weighted by atomic mass is 9.86. The molecule has 0 saturated carbocycles. The van der Waals surface area contributed by atoms with Crippen LogP contribution in [0.3, 0.4) is 0 Å². The van der Waals surface area contributed by atoms with E-state index in [9.17, 15) is 40.5 Å². The second kappa shape index (κ2) is 14.0. The molecule has 0 amide bonds. The van der Waals surface area contributed by atoms with Crippen molar-refractivity contribution in [2.45, 2.75) is 105 Å². The lowest BCUT2D eigenvalue weighted by Gasteiger charge is -2.20. The summed E-state index contributed by atoms with van der Waals surface area (Å²) < 4.78 is 0. The molecule has 14 heteroatoms. The summed E-state index contributed by atoms with van der Waals surface area (Å²) >= 11 is 0. The van der Waals surface area contributed by atoms with E-state index in [4.69, 9.17) is 0 Å². The van der Waals surface area contributed by atoms with Crippen LogP contribution in [0, 0.1) is 40.5 Å². The van der Waals surface area contributed by atoms with Gasteiger partial charge in [-0.3, -0.25) is 40.5 Å². The van der Waals surface area contributed by atoms with Crippen LogP contribution >= 0.6 is 0 Å². The van der Waals surface area contributed by atoms with Gasteiger partial charge in [-0.15, -0.1) is 0 Å². The summed E-state index contributed by atoms with van der Waals surface area (Å²) in [5.74, 6) is 0. The van der Waals surface area contributed by atoms with Crippen LogP contribution < -0.4 is 10.6 Å². The first-order chi connectivity index (χ1) is 19.1. The molecular formula is C28H42N6O8. The average Bonchev–Trinajstić information content (AvgIpc) is 2.86. The van der Waals surface area contributed by atoms with Crippen molar-refractivity contribution in [1.82, 2.24) is 0 Å². The van der Waals surface area contributed by atoms with E-state index in [0.29, 0.717) is 24.0 Å². The number of nitrogens with zero attached hydrogens (tertiary/aromatic N) is 4. The molecule has 2 aromatic carbocycles. The van der Waals surface area contributed by atoms with Crippen LogP contribution in [0.15, 0.2) is 24.3 Å². The van der Waals surface area contributed by atoms with Crippen LogP contribution in [0.5, 0.6) is 0 Å². The van der Waals surface area contributed by atoms with Gasteiger partial charge in [-0.1, -0.05) is 55.4 Å². The van der Waals surface area contributed by atoms with Crippen molar-refractivity contribution >= 4 is 34.1 Å². The van der Waals surface area contributed by atoms with Crippen LogP contribution in [0.2, 0.25) is 0 Å². The average molecular weight is 591 g/mol. The summed E-state index contributed by atoms with van der Waals surface area (Å²) in [4.78, 5) is 42.8. The van der Waals surface area contributed by atoms with Crippen molar-refractivity contribution < 1.29 is 19.7 Å².